The lowest BCUT2D eigenvalue weighted by atomic mass is 9.91. The number of rotatable bonds is 4. The average Bonchev–Trinajstić information content (AvgIpc) is 3.24. The van der Waals surface area contributed by atoms with Crippen molar-refractivity contribution in [3.05, 3.63) is 48.5 Å². The lowest BCUT2D eigenvalue weighted by Gasteiger charge is -2.44. The molecule has 0 unspecified atom stereocenters. The highest BCUT2D eigenvalue weighted by molar-refractivity contribution is 7.89. The quantitative estimate of drug-likeness (QED) is 0.791. The monoisotopic (exact) mass is 440 g/mol. The maximum absolute atomic E-state index is 13.4. The fourth-order valence-electron chi connectivity index (χ4n) is 4.58. The molecule has 0 atom stereocenters. The number of aromatic hydroxyl groups is 1. The summed E-state index contributed by atoms with van der Waals surface area (Å²) in [5.74, 6) is 0.773. The molecule has 0 bridgehead atoms. The number of phenols is 1. The van der Waals surface area contributed by atoms with Gasteiger partial charge in [-0.15, -0.1) is 0 Å². The second kappa shape index (κ2) is 8.16. The SMILES string of the molecule is O=S(=O)(c1ccc(-c2cccc(O)c2)cc1)N1CCN=C1N1CCN(C2CCC2)CC1. The van der Waals surface area contributed by atoms with Gasteiger partial charge in [-0.05, 0) is 48.2 Å². The summed E-state index contributed by atoms with van der Waals surface area (Å²) in [5, 5.41) is 9.70. The fourth-order valence-corrected chi connectivity index (χ4v) is 6.02. The molecule has 0 amide bonds. The topological polar surface area (TPSA) is 76.4 Å². The maximum Gasteiger partial charge on any atom is 0.266 e. The van der Waals surface area contributed by atoms with E-state index in [1.807, 2.05) is 6.07 Å². The number of piperazine rings is 1. The van der Waals surface area contributed by atoms with Gasteiger partial charge in [-0.1, -0.05) is 30.7 Å². The Bertz CT molecular complexity index is 1070. The van der Waals surface area contributed by atoms with Crippen molar-refractivity contribution in [1.82, 2.24) is 14.1 Å². The van der Waals surface area contributed by atoms with Crippen LogP contribution in [0.2, 0.25) is 0 Å². The standard InChI is InChI=1S/C23H28N4O3S/c28-21-6-1-3-19(17-21)18-7-9-22(10-8-18)31(29,30)27-12-11-24-23(27)26-15-13-25(14-16-26)20-4-2-5-20/h1,3,6-10,17,20,28H,2,4-5,11-16H2. The van der Waals surface area contributed by atoms with E-state index in [2.05, 4.69) is 14.8 Å². The van der Waals surface area contributed by atoms with E-state index >= 15 is 0 Å². The molecule has 0 aromatic heterocycles. The Hall–Kier alpha value is -2.58. The third kappa shape index (κ3) is 3.90. The highest BCUT2D eigenvalue weighted by atomic mass is 32.2. The van der Waals surface area contributed by atoms with Gasteiger partial charge in [0, 0.05) is 32.2 Å². The van der Waals surface area contributed by atoms with Crippen LogP contribution in [0.1, 0.15) is 19.3 Å². The Kier molecular flexibility index (Phi) is 5.35. The van der Waals surface area contributed by atoms with Crippen LogP contribution in [-0.2, 0) is 10.0 Å². The molecule has 164 valence electrons. The Morgan fingerprint density at radius 2 is 1.65 bits per heavy atom. The van der Waals surface area contributed by atoms with Crippen LogP contribution in [0.5, 0.6) is 5.75 Å². The Balaban J connectivity index is 1.31. The maximum atomic E-state index is 13.4. The van der Waals surface area contributed by atoms with Gasteiger partial charge in [0.05, 0.1) is 18.0 Å². The molecule has 2 aromatic carbocycles. The van der Waals surface area contributed by atoms with E-state index in [0.29, 0.717) is 19.0 Å². The number of phenolic OH excluding ortho intramolecular Hbond substituents is 1. The van der Waals surface area contributed by atoms with Crippen LogP contribution in [0.4, 0.5) is 0 Å². The number of hydrogen-bond acceptors (Lipinski definition) is 6. The zero-order valence-electron chi connectivity index (χ0n) is 17.5. The van der Waals surface area contributed by atoms with Gasteiger partial charge in [0.2, 0.25) is 5.96 Å². The Labute approximate surface area is 183 Å². The Morgan fingerprint density at radius 1 is 0.903 bits per heavy atom. The molecule has 1 saturated heterocycles. The van der Waals surface area contributed by atoms with Crippen molar-refractivity contribution >= 4 is 16.0 Å². The number of guanidine groups is 1. The zero-order valence-corrected chi connectivity index (χ0v) is 18.3. The highest BCUT2D eigenvalue weighted by Gasteiger charge is 2.36. The van der Waals surface area contributed by atoms with Crippen LogP contribution in [0, 0.1) is 0 Å². The van der Waals surface area contributed by atoms with Gasteiger partial charge < -0.3 is 10.0 Å². The summed E-state index contributed by atoms with van der Waals surface area (Å²) in [7, 11) is -3.67. The molecule has 31 heavy (non-hydrogen) atoms. The van der Waals surface area contributed by atoms with Crippen molar-refractivity contribution in [1.29, 1.82) is 0 Å². The smallest absolute Gasteiger partial charge is 0.266 e. The predicted molar refractivity (Wildman–Crippen MR) is 121 cm³/mol. The molecule has 2 aliphatic heterocycles. The predicted octanol–water partition coefficient (Wildman–Crippen LogP) is 2.59. The summed E-state index contributed by atoms with van der Waals surface area (Å²) < 4.78 is 28.2. The molecule has 1 saturated carbocycles. The van der Waals surface area contributed by atoms with Crippen molar-refractivity contribution in [2.75, 3.05) is 39.3 Å². The molecular weight excluding hydrogens is 412 g/mol. The molecule has 2 aromatic rings. The number of sulfonamides is 1. The minimum atomic E-state index is -3.67. The Morgan fingerprint density at radius 3 is 2.29 bits per heavy atom. The van der Waals surface area contributed by atoms with Crippen molar-refractivity contribution in [3.8, 4) is 16.9 Å². The highest BCUT2D eigenvalue weighted by Crippen LogP contribution is 2.28. The molecule has 0 radical (unpaired) electrons. The molecular formula is C23H28N4O3S. The third-order valence-corrected chi connectivity index (χ3v) is 8.38. The van der Waals surface area contributed by atoms with Gasteiger partial charge in [-0.3, -0.25) is 9.89 Å². The first-order valence-corrected chi connectivity index (χ1v) is 12.4. The normalized spacial score (nSPS) is 20.6. The van der Waals surface area contributed by atoms with Crippen molar-refractivity contribution < 1.29 is 13.5 Å². The first kappa shape index (κ1) is 20.3. The van der Waals surface area contributed by atoms with Gasteiger partial charge in [-0.25, -0.2) is 12.7 Å². The minimum absolute atomic E-state index is 0.185. The number of benzene rings is 2. The molecule has 3 aliphatic rings. The van der Waals surface area contributed by atoms with Crippen LogP contribution >= 0.6 is 0 Å². The van der Waals surface area contributed by atoms with E-state index in [0.717, 1.165) is 43.3 Å². The van der Waals surface area contributed by atoms with Crippen LogP contribution in [-0.4, -0.2) is 78.9 Å². The molecule has 7 nitrogen and oxygen atoms in total. The second-order valence-electron chi connectivity index (χ2n) is 8.44. The average molecular weight is 441 g/mol. The van der Waals surface area contributed by atoms with E-state index in [-0.39, 0.29) is 10.6 Å². The number of aliphatic imine (C=N–C) groups is 1. The second-order valence-corrected chi connectivity index (χ2v) is 10.3. The van der Waals surface area contributed by atoms with Crippen molar-refractivity contribution in [3.63, 3.8) is 0 Å². The number of nitrogens with zero attached hydrogens (tertiary/aromatic N) is 4. The molecule has 1 N–H and O–H groups in total. The van der Waals surface area contributed by atoms with Crippen LogP contribution in [0.3, 0.4) is 0 Å². The van der Waals surface area contributed by atoms with Gasteiger partial charge in [0.15, 0.2) is 0 Å². The van der Waals surface area contributed by atoms with Crippen LogP contribution in [0.25, 0.3) is 11.1 Å². The van der Waals surface area contributed by atoms with Gasteiger partial charge in [0.25, 0.3) is 10.0 Å². The van der Waals surface area contributed by atoms with Crippen LogP contribution in [0.15, 0.2) is 58.4 Å². The summed E-state index contributed by atoms with van der Waals surface area (Å²) in [5.41, 5.74) is 1.70. The lowest BCUT2D eigenvalue weighted by Crippen LogP contribution is -2.56. The van der Waals surface area contributed by atoms with Crippen molar-refractivity contribution in [2.24, 2.45) is 4.99 Å². The van der Waals surface area contributed by atoms with E-state index < -0.39 is 10.0 Å². The van der Waals surface area contributed by atoms with Crippen LogP contribution < -0.4 is 0 Å². The molecule has 1 aliphatic carbocycles. The minimum Gasteiger partial charge on any atom is -0.508 e. The molecule has 0 spiro atoms. The van der Waals surface area contributed by atoms with E-state index in [9.17, 15) is 13.5 Å². The number of hydrogen-bond donors (Lipinski definition) is 1. The molecule has 5 rings (SSSR count). The summed E-state index contributed by atoms with van der Waals surface area (Å²) in [6.07, 6.45) is 3.91. The van der Waals surface area contributed by atoms with E-state index in [1.165, 1.54) is 23.6 Å². The van der Waals surface area contributed by atoms with E-state index in [1.54, 1.807) is 42.5 Å². The van der Waals surface area contributed by atoms with E-state index in [4.69, 9.17) is 0 Å². The summed E-state index contributed by atoms with van der Waals surface area (Å²) in [4.78, 5) is 9.48. The van der Waals surface area contributed by atoms with Gasteiger partial charge in [-0.2, -0.15) is 0 Å². The first-order valence-electron chi connectivity index (χ1n) is 11.0. The largest absolute Gasteiger partial charge is 0.508 e. The summed E-state index contributed by atoms with van der Waals surface area (Å²) in [6, 6.07) is 14.5. The third-order valence-electron chi connectivity index (χ3n) is 6.59. The fraction of sp³-hybridized carbons (Fsp3) is 0.435. The summed E-state index contributed by atoms with van der Waals surface area (Å²) >= 11 is 0. The lowest BCUT2D eigenvalue weighted by molar-refractivity contribution is 0.0833. The first-order chi connectivity index (χ1) is 15.0. The van der Waals surface area contributed by atoms with Gasteiger partial charge in [0.1, 0.15) is 5.75 Å². The molecule has 2 fully saturated rings. The van der Waals surface area contributed by atoms with Gasteiger partial charge >= 0.3 is 0 Å². The zero-order chi connectivity index (χ0) is 21.4. The summed E-state index contributed by atoms with van der Waals surface area (Å²) in [6.45, 7) is 4.45. The molecule has 8 heteroatoms. The molecule has 2 heterocycles. The van der Waals surface area contributed by atoms with Crippen molar-refractivity contribution in [2.45, 2.75) is 30.2 Å².